The van der Waals surface area contributed by atoms with Crippen LogP contribution in [0.3, 0.4) is 0 Å². The molecule has 3 aromatic carbocycles. The minimum Gasteiger partial charge on any atom is -0.497 e. The molecule has 1 N–H and O–H groups in total. The molecule has 0 unspecified atom stereocenters. The third-order valence-electron chi connectivity index (χ3n) is 4.24. The van der Waals surface area contributed by atoms with E-state index >= 15 is 0 Å². The molecule has 0 atom stereocenters. The third kappa shape index (κ3) is 4.12. The van der Waals surface area contributed by atoms with Gasteiger partial charge >= 0.3 is 0 Å². The molecule has 4 aromatic rings. The summed E-state index contributed by atoms with van der Waals surface area (Å²) in [5, 5.41) is 7.81. The average Bonchev–Trinajstić information content (AvgIpc) is 3.21. The van der Waals surface area contributed by atoms with E-state index in [1.165, 1.54) is 0 Å². The molecule has 1 aromatic heterocycles. The summed E-state index contributed by atoms with van der Waals surface area (Å²) in [5.74, 6) is 0.901. The molecule has 0 fully saturated rings. The Morgan fingerprint density at radius 2 is 1.76 bits per heavy atom. The van der Waals surface area contributed by atoms with Crippen molar-refractivity contribution >= 4 is 23.2 Å². The maximum Gasteiger partial charge on any atom is 0.295 e. The minimum atomic E-state index is -0.409. The fraction of sp³-hybridized carbons (Fsp3) is 0.0455. The zero-order valence-corrected chi connectivity index (χ0v) is 16.3. The number of ether oxygens (including phenoxy) is 1. The first kappa shape index (κ1) is 18.7. The Balaban J connectivity index is 1.71. The summed E-state index contributed by atoms with van der Waals surface area (Å²) in [6.07, 6.45) is 0. The third-order valence-corrected chi connectivity index (χ3v) is 4.48. The molecule has 4 rings (SSSR count). The number of aromatic nitrogens is 3. The van der Waals surface area contributed by atoms with Crippen molar-refractivity contribution in [1.29, 1.82) is 0 Å². The molecule has 0 saturated heterocycles. The van der Waals surface area contributed by atoms with Gasteiger partial charge in [-0.15, -0.1) is 5.10 Å². The van der Waals surface area contributed by atoms with Gasteiger partial charge in [0.25, 0.3) is 5.91 Å². The Morgan fingerprint density at radius 3 is 2.45 bits per heavy atom. The second-order valence-corrected chi connectivity index (χ2v) is 6.64. The molecule has 6 nitrogen and oxygen atoms in total. The molecular formula is C22H17ClN4O2. The fourth-order valence-corrected chi connectivity index (χ4v) is 3.02. The predicted molar refractivity (Wildman–Crippen MR) is 113 cm³/mol. The van der Waals surface area contributed by atoms with Gasteiger partial charge in [0.1, 0.15) is 5.75 Å². The quantitative estimate of drug-likeness (QED) is 0.516. The molecule has 0 aliphatic heterocycles. The van der Waals surface area contributed by atoms with E-state index in [-0.39, 0.29) is 5.82 Å². The highest BCUT2D eigenvalue weighted by Crippen LogP contribution is 2.23. The van der Waals surface area contributed by atoms with E-state index < -0.39 is 5.91 Å². The van der Waals surface area contributed by atoms with Crippen LogP contribution in [0, 0.1) is 0 Å². The van der Waals surface area contributed by atoms with Gasteiger partial charge in [-0.1, -0.05) is 48.0 Å². The zero-order valence-electron chi connectivity index (χ0n) is 15.5. The van der Waals surface area contributed by atoms with E-state index in [2.05, 4.69) is 15.4 Å². The van der Waals surface area contributed by atoms with E-state index in [1.807, 2.05) is 42.5 Å². The van der Waals surface area contributed by atoms with Crippen LogP contribution in [-0.2, 0) is 0 Å². The van der Waals surface area contributed by atoms with Crippen molar-refractivity contribution in [2.75, 3.05) is 12.4 Å². The van der Waals surface area contributed by atoms with Gasteiger partial charge in [-0.2, -0.15) is 0 Å². The molecule has 0 bridgehead atoms. The molecular weight excluding hydrogens is 388 g/mol. The van der Waals surface area contributed by atoms with E-state index in [0.29, 0.717) is 28.0 Å². The van der Waals surface area contributed by atoms with E-state index in [9.17, 15) is 4.79 Å². The smallest absolute Gasteiger partial charge is 0.295 e. The number of hydrogen-bond donors (Lipinski definition) is 1. The van der Waals surface area contributed by atoms with Crippen LogP contribution in [0.15, 0.2) is 78.9 Å². The number of carbonyl (C=O) groups excluding carboxylic acids is 1. The molecule has 29 heavy (non-hydrogen) atoms. The summed E-state index contributed by atoms with van der Waals surface area (Å²) in [7, 11) is 1.59. The van der Waals surface area contributed by atoms with Crippen molar-refractivity contribution in [3.05, 3.63) is 89.7 Å². The van der Waals surface area contributed by atoms with Crippen molar-refractivity contribution in [1.82, 2.24) is 14.8 Å². The molecule has 0 saturated carbocycles. The Bertz CT molecular complexity index is 1140. The van der Waals surface area contributed by atoms with Gasteiger partial charge in [-0.25, -0.2) is 9.67 Å². The first-order chi connectivity index (χ1) is 14.1. The normalized spacial score (nSPS) is 10.6. The van der Waals surface area contributed by atoms with Crippen molar-refractivity contribution in [3.8, 4) is 22.8 Å². The molecule has 0 aliphatic rings. The van der Waals surface area contributed by atoms with Crippen molar-refractivity contribution < 1.29 is 9.53 Å². The van der Waals surface area contributed by atoms with E-state index in [0.717, 1.165) is 5.56 Å². The van der Waals surface area contributed by atoms with Gasteiger partial charge in [-0.3, -0.25) is 4.79 Å². The summed E-state index contributed by atoms with van der Waals surface area (Å²) in [6.45, 7) is 0. The lowest BCUT2D eigenvalue weighted by Crippen LogP contribution is -2.14. The monoisotopic (exact) mass is 404 g/mol. The predicted octanol–water partition coefficient (Wildman–Crippen LogP) is 4.85. The maximum atomic E-state index is 12.8. The number of anilines is 1. The van der Waals surface area contributed by atoms with Crippen LogP contribution in [0.1, 0.15) is 10.6 Å². The number of carbonyl (C=O) groups is 1. The lowest BCUT2D eigenvalue weighted by molar-refractivity contribution is 0.101. The second kappa shape index (κ2) is 8.16. The Kier molecular flexibility index (Phi) is 5.27. The zero-order chi connectivity index (χ0) is 20.2. The van der Waals surface area contributed by atoms with Gasteiger partial charge in [-0.05, 0) is 42.5 Å². The Labute approximate surface area is 172 Å². The Hall–Kier alpha value is -3.64. The number of nitrogens with zero attached hydrogens (tertiary/aromatic N) is 3. The average molecular weight is 405 g/mol. The van der Waals surface area contributed by atoms with Crippen LogP contribution in [-0.4, -0.2) is 27.8 Å². The molecule has 1 heterocycles. The van der Waals surface area contributed by atoms with Gasteiger partial charge in [0.15, 0.2) is 5.82 Å². The van der Waals surface area contributed by atoms with Crippen LogP contribution < -0.4 is 10.1 Å². The summed E-state index contributed by atoms with van der Waals surface area (Å²) in [6, 6.07) is 23.8. The number of nitrogens with one attached hydrogen (secondary N) is 1. The summed E-state index contributed by atoms with van der Waals surface area (Å²) in [5.41, 5.74) is 2.17. The number of rotatable bonds is 5. The lowest BCUT2D eigenvalue weighted by atomic mass is 10.2. The Morgan fingerprint density at radius 1 is 1.00 bits per heavy atom. The van der Waals surface area contributed by atoms with Gasteiger partial charge < -0.3 is 10.1 Å². The SMILES string of the molecule is COc1ccc(NC(=O)c2nc(-c3ccccc3)n(-c3cccc(Cl)c3)n2)cc1. The van der Waals surface area contributed by atoms with Crippen molar-refractivity contribution in [3.63, 3.8) is 0 Å². The summed E-state index contributed by atoms with van der Waals surface area (Å²) >= 11 is 6.14. The van der Waals surface area contributed by atoms with Gasteiger partial charge in [0.2, 0.25) is 5.82 Å². The lowest BCUT2D eigenvalue weighted by Gasteiger charge is -2.06. The minimum absolute atomic E-state index is 0.0552. The summed E-state index contributed by atoms with van der Waals surface area (Å²) < 4.78 is 6.75. The molecule has 7 heteroatoms. The number of amides is 1. The standard InChI is InChI=1S/C22H17ClN4O2/c1-29-19-12-10-17(11-13-19)24-22(28)20-25-21(15-6-3-2-4-7-15)27(26-20)18-9-5-8-16(23)14-18/h2-14H,1H3,(H,24,28). The van der Waals surface area contributed by atoms with Crippen LogP contribution in [0.4, 0.5) is 5.69 Å². The van der Waals surface area contributed by atoms with Crippen LogP contribution in [0.5, 0.6) is 5.75 Å². The number of halogens is 1. The van der Waals surface area contributed by atoms with Crippen LogP contribution >= 0.6 is 11.6 Å². The van der Waals surface area contributed by atoms with Gasteiger partial charge in [0.05, 0.1) is 12.8 Å². The highest BCUT2D eigenvalue weighted by atomic mass is 35.5. The van der Waals surface area contributed by atoms with E-state index in [4.69, 9.17) is 16.3 Å². The fourth-order valence-electron chi connectivity index (χ4n) is 2.83. The second-order valence-electron chi connectivity index (χ2n) is 6.20. The van der Waals surface area contributed by atoms with Crippen molar-refractivity contribution in [2.45, 2.75) is 0 Å². The first-order valence-electron chi connectivity index (χ1n) is 8.88. The first-order valence-corrected chi connectivity index (χ1v) is 9.25. The highest BCUT2D eigenvalue weighted by Gasteiger charge is 2.19. The molecule has 0 radical (unpaired) electrons. The van der Waals surface area contributed by atoms with Crippen LogP contribution in [0.2, 0.25) is 5.02 Å². The van der Waals surface area contributed by atoms with Crippen LogP contribution in [0.25, 0.3) is 17.1 Å². The molecule has 144 valence electrons. The molecule has 0 aliphatic carbocycles. The largest absolute Gasteiger partial charge is 0.497 e. The number of benzene rings is 3. The summed E-state index contributed by atoms with van der Waals surface area (Å²) in [4.78, 5) is 17.2. The number of methoxy groups -OCH3 is 1. The van der Waals surface area contributed by atoms with E-state index in [1.54, 1.807) is 48.2 Å². The topological polar surface area (TPSA) is 69.0 Å². The number of hydrogen-bond acceptors (Lipinski definition) is 4. The maximum absolute atomic E-state index is 12.8. The molecule has 0 spiro atoms. The van der Waals surface area contributed by atoms with Crippen molar-refractivity contribution in [2.24, 2.45) is 0 Å². The highest BCUT2D eigenvalue weighted by molar-refractivity contribution is 6.30. The molecule has 1 amide bonds. The van der Waals surface area contributed by atoms with Gasteiger partial charge in [0, 0.05) is 16.3 Å².